The number of nitrogens with zero attached hydrogens (tertiary/aromatic N) is 3. The van der Waals surface area contributed by atoms with E-state index in [0.29, 0.717) is 28.0 Å². The van der Waals surface area contributed by atoms with Gasteiger partial charge in [-0.2, -0.15) is 5.10 Å². The molecular formula is C11H11BrN4O2. The second-order valence-corrected chi connectivity index (χ2v) is 5.01. The first-order chi connectivity index (χ1) is 8.49. The monoisotopic (exact) mass is 310 g/mol. The van der Waals surface area contributed by atoms with Crippen molar-refractivity contribution in [2.24, 2.45) is 21.9 Å². The van der Waals surface area contributed by atoms with Gasteiger partial charge in [-0.25, -0.2) is 0 Å². The van der Waals surface area contributed by atoms with Crippen LogP contribution in [0.5, 0.6) is 0 Å². The van der Waals surface area contributed by atoms with Crippen molar-refractivity contribution in [2.45, 2.75) is 13.3 Å². The third-order valence-electron chi connectivity index (χ3n) is 2.76. The van der Waals surface area contributed by atoms with E-state index in [9.17, 15) is 10.1 Å². The highest BCUT2D eigenvalue weighted by molar-refractivity contribution is 9.10. The third kappa shape index (κ3) is 2.40. The van der Waals surface area contributed by atoms with Crippen molar-refractivity contribution in [1.29, 1.82) is 0 Å². The second-order valence-electron chi connectivity index (χ2n) is 4.10. The number of amidine groups is 1. The van der Waals surface area contributed by atoms with Gasteiger partial charge in [0.15, 0.2) is 0 Å². The van der Waals surface area contributed by atoms with Gasteiger partial charge in [0.25, 0.3) is 5.69 Å². The van der Waals surface area contributed by atoms with Crippen molar-refractivity contribution in [3.05, 3.63) is 38.3 Å². The Kier molecular flexibility index (Phi) is 3.42. The maximum Gasteiger partial charge on any atom is 0.279 e. The highest BCUT2D eigenvalue weighted by atomic mass is 79.9. The summed E-state index contributed by atoms with van der Waals surface area (Å²) in [5, 5.41) is 18.8. The van der Waals surface area contributed by atoms with Crippen LogP contribution in [-0.4, -0.2) is 16.5 Å². The standard InChI is InChI=1S/C11H11BrN4O2/c1-6-4-9(14-15-11(6)13)8-3-2-7(12)5-10(8)16(17)18/h2-3,5-6H,4H2,1H3,(H2,13,15). The van der Waals surface area contributed by atoms with Gasteiger partial charge in [0.1, 0.15) is 5.84 Å². The van der Waals surface area contributed by atoms with Gasteiger partial charge in [0.05, 0.1) is 16.2 Å². The number of nitrogens with two attached hydrogens (primary N) is 1. The molecule has 94 valence electrons. The molecule has 2 N–H and O–H groups in total. The fraction of sp³-hybridized carbons (Fsp3) is 0.273. The molecule has 1 aliphatic heterocycles. The fourth-order valence-corrected chi connectivity index (χ4v) is 2.06. The van der Waals surface area contributed by atoms with Gasteiger partial charge in [-0.3, -0.25) is 10.1 Å². The van der Waals surface area contributed by atoms with Crippen molar-refractivity contribution in [1.82, 2.24) is 0 Å². The molecule has 0 aromatic heterocycles. The molecule has 0 amide bonds. The van der Waals surface area contributed by atoms with Gasteiger partial charge in [0.2, 0.25) is 0 Å². The van der Waals surface area contributed by atoms with E-state index in [-0.39, 0.29) is 11.6 Å². The van der Waals surface area contributed by atoms with Gasteiger partial charge in [-0.15, -0.1) is 5.10 Å². The first-order valence-corrected chi connectivity index (χ1v) is 6.12. The van der Waals surface area contributed by atoms with E-state index in [0.717, 1.165) is 0 Å². The average Bonchev–Trinajstić information content (AvgIpc) is 2.32. The Morgan fingerprint density at radius 3 is 2.83 bits per heavy atom. The molecule has 1 aliphatic rings. The molecule has 6 nitrogen and oxygen atoms in total. The van der Waals surface area contributed by atoms with Crippen LogP contribution in [0.1, 0.15) is 18.9 Å². The number of benzene rings is 1. The first-order valence-electron chi connectivity index (χ1n) is 5.33. The Balaban J connectivity index is 2.49. The molecule has 1 aromatic carbocycles. The Morgan fingerprint density at radius 2 is 2.22 bits per heavy atom. The molecule has 0 saturated heterocycles. The molecule has 1 aromatic rings. The predicted octanol–water partition coefficient (Wildman–Crippen LogP) is 2.46. The summed E-state index contributed by atoms with van der Waals surface area (Å²) in [6.07, 6.45) is 0.553. The number of hydrogen-bond acceptors (Lipinski definition) is 5. The maximum absolute atomic E-state index is 11.0. The summed E-state index contributed by atoms with van der Waals surface area (Å²) in [4.78, 5) is 10.6. The highest BCUT2D eigenvalue weighted by Gasteiger charge is 2.23. The molecule has 7 heteroatoms. The van der Waals surface area contributed by atoms with E-state index in [2.05, 4.69) is 26.1 Å². The molecular weight excluding hydrogens is 300 g/mol. The molecule has 0 spiro atoms. The molecule has 18 heavy (non-hydrogen) atoms. The Morgan fingerprint density at radius 1 is 1.50 bits per heavy atom. The van der Waals surface area contributed by atoms with Crippen LogP contribution in [0.4, 0.5) is 5.69 Å². The minimum atomic E-state index is -0.422. The second kappa shape index (κ2) is 4.85. The number of nitro benzene ring substituents is 1. The quantitative estimate of drug-likeness (QED) is 0.671. The van der Waals surface area contributed by atoms with Gasteiger partial charge in [-0.05, 0) is 12.1 Å². The highest BCUT2D eigenvalue weighted by Crippen LogP contribution is 2.27. The number of hydrogen-bond donors (Lipinski definition) is 1. The van der Waals surface area contributed by atoms with E-state index in [1.165, 1.54) is 6.07 Å². The van der Waals surface area contributed by atoms with Crippen LogP contribution in [0.2, 0.25) is 0 Å². The predicted molar refractivity (Wildman–Crippen MR) is 72.7 cm³/mol. The van der Waals surface area contributed by atoms with Gasteiger partial charge in [-0.1, -0.05) is 22.9 Å². The van der Waals surface area contributed by atoms with E-state index in [4.69, 9.17) is 5.73 Å². The summed E-state index contributed by atoms with van der Waals surface area (Å²) < 4.78 is 0.658. The van der Waals surface area contributed by atoms with Gasteiger partial charge in [0, 0.05) is 22.9 Å². The molecule has 0 saturated carbocycles. The van der Waals surface area contributed by atoms with Crippen molar-refractivity contribution in [3.8, 4) is 0 Å². The topological polar surface area (TPSA) is 93.9 Å². The van der Waals surface area contributed by atoms with Crippen LogP contribution in [-0.2, 0) is 0 Å². The van der Waals surface area contributed by atoms with Crippen LogP contribution >= 0.6 is 15.9 Å². The summed E-state index contributed by atoms with van der Waals surface area (Å²) >= 11 is 3.22. The normalized spacial score (nSPS) is 19.1. The van der Waals surface area contributed by atoms with E-state index in [1.54, 1.807) is 12.1 Å². The van der Waals surface area contributed by atoms with E-state index in [1.807, 2.05) is 6.92 Å². The SMILES string of the molecule is CC1CC(c2ccc(Br)cc2[N+](=O)[O-])=NN=C1N. The summed E-state index contributed by atoms with van der Waals surface area (Å²) in [6.45, 7) is 1.91. The van der Waals surface area contributed by atoms with Crippen LogP contribution < -0.4 is 5.73 Å². The Labute approximate surface area is 112 Å². The average molecular weight is 311 g/mol. The molecule has 0 bridgehead atoms. The van der Waals surface area contributed by atoms with E-state index < -0.39 is 4.92 Å². The smallest absolute Gasteiger partial charge is 0.279 e. The summed E-state index contributed by atoms with van der Waals surface area (Å²) in [5.74, 6) is 0.499. The summed E-state index contributed by atoms with van der Waals surface area (Å²) in [6, 6.07) is 4.88. The molecule has 0 radical (unpaired) electrons. The molecule has 1 atom stereocenters. The fourth-order valence-electron chi connectivity index (χ4n) is 1.72. The van der Waals surface area contributed by atoms with Crippen molar-refractivity contribution in [3.63, 3.8) is 0 Å². The largest absolute Gasteiger partial charge is 0.385 e. The van der Waals surface area contributed by atoms with Gasteiger partial charge < -0.3 is 5.73 Å². The minimum Gasteiger partial charge on any atom is -0.385 e. The third-order valence-corrected chi connectivity index (χ3v) is 3.25. The molecule has 0 aliphatic carbocycles. The van der Waals surface area contributed by atoms with Crippen molar-refractivity contribution in [2.75, 3.05) is 0 Å². The lowest BCUT2D eigenvalue weighted by Gasteiger charge is -2.16. The zero-order chi connectivity index (χ0) is 13.3. The zero-order valence-corrected chi connectivity index (χ0v) is 11.2. The lowest BCUT2D eigenvalue weighted by Crippen LogP contribution is -2.27. The lowest BCUT2D eigenvalue weighted by molar-refractivity contribution is -0.385. The summed E-state index contributed by atoms with van der Waals surface area (Å²) in [5.41, 5.74) is 6.75. The summed E-state index contributed by atoms with van der Waals surface area (Å²) in [7, 11) is 0. The zero-order valence-electron chi connectivity index (χ0n) is 9.63. The number of rotatable bonds is 2. The van der Waals surface area contributed by atoms with Crippen LogP contribution in [0.15, 0.2) is 32.9 Å². The molecule has 1 heterocycles. The van der Waals surface area contributed by atoms with Crippen LogP contribution in [0, 0.1) is 16.0 Å². The Hall–Kier alpha value is -1.76. The molecule has 0 fully saturated rings. The maximum atomic E-state index is 11.0. The van der Waals surface area contributed by atoms with Crippen LogP contribution in [0.25, 0.3) is 0 Å². The molecule has 2 rings (SSSR count). The van der Waals surface area contributed by atoms with Crippen molar-refractivity contribution < 1.29 is 4.92 Å². The van der Waals surface area contributed by atoms with Gasteiger partial charge >= 0.3 is 0 Å². The van der Waals surface area contributed by atoms with E-state index >= 15 is 0 Å². The minimum absolute atomic E-state index is 0.0194. The Bertz CT molecular complexity index is 568. The van der Waals surface area contributed by atoms with Crippen LogP contribution in [0.3, 0.4) is 0 Å². The lowest BCUT2D eigenvalue weighted by atomic mass is 9.96. The number of nitro groups is 1. The first kappa shape index (κ1) is 12.7. The molecule has 1 unspecified atom stereocenters. The van der Waals surface area contributed by atoms with Crippen molar-refractivity contribution >= 4 is 33.2 Å². The number of halogens is 1.